The number of hydrogen-bond donors (Lipinski definition) is 0. The summed E-state index contributed by atoms with van der Waals surface area (Å²) in [7, 11) is 0. The van der Waals surface area contributed by atoms with Crippen LogP contribution < -0.4 is 10.4 Å². The predicted octanol–water partition coefficient (Wildman–Crippen LogP) is 3.57. The summed E-state index contributed by atoms with van der Waals surface area (Å²) in [4.78, 5) is 24.1. The van der Waals surface area contributed by atoms with Crippen molar-refractivity contribution < 1.29 is 13.9 Å². The molecule has 3 rings (SSSR count). The van der Waals surface area contributed by atoms with E-state index in [1.165, 1.54) is 6.07 Å². The lowest BCUT2D eigenvalue weighted by Crippen LogP contribution is -2.18. The number of rotatable bonds is 3. The lowest BCUT2D eigenvalue weighted by molar-refractivity contribution is 0.0730. The van der Waals surface area contributed by atoms with Crippen molar-refractivity contribution in [3.63, 3.8) is 0 Å². The van der Waals surface area contributed by atoms with Crippen LogP contribution in [0.25, 0.3) is 11.0 Å². The fourth-order valence-electron chi connectivity index (χ4n) is 2.19. The summed E-state index contributed by atoms with van der Waals surface area (Å²) in [6.45, 7) is 2.03. The molecule has 0 N–H and O–H groups in total. The number of fused-ring (bicyclic) bond motifs is 1. The van der Waals surface area contributed by atoms with Crippen molar-refractivity contribution in [2.75, 3.05) is 0 Å². The Morgan fingerprint density at radius 1 is 1.09 bits per heavy atom. The second-order valence-corrected chi connectivity index (χ2v) is 4.88. The van der Waals surface area contributed by atoms with Crippen molar-refractivity contribution in [1.29, 1.82) is 0 Å². The molecule has 4 nitrogen and oxygen atoms in total. The number of benzene rings is 2. The fraction of sp³-hybridized carbons (Fsp3) is 0.111. The van der Waals surface area contributed by atoms with E-state index in [2.05, 4.69) is 0 Å². The lowest BCUT2D eigenvalue weighted by Gasteiger charge is -2.05. The molecule has 0 atom stereocenters. The van der Waals surface area contributed by atoms with Gasteiger partial charge in [-0.05, 0) is 42.3 Å². The second-order valence-electron chi connectivity index (χ2n) is 4.88. The highest BCUT2D eigenvalue weighted by molar-refractivity contribution is 5.94. The summed E-state index contributed by atoms with van der Waals surface area (Å²) in [6, 6.07) is 15.7. The maximum atomic E-state index is 12.2. The van der Waals surface area contributed by atoms with E-state index in [1.807, 2.05) is 25.1 Å². The van der Waals surface area contributed by atoms with Gasteiger partial charge in [-0.1, -0.05) is 31.2 Å². The third-order valence-electron chi connectivity index (χ3n) is 3.38. The summed E-state index contributed by atoms with van der Waals surface area (Å²) in [6.07, 6.45) is 0.860. The SMILES string of the molecule is CCc1ccc2oc(=O)c(C(=O)Oc3ccccc3)cc2c1. The van der Waals surface area contributed by atoms with Crippen molar-refractivity contribution in [2.45, 2.75) is 13.3 Å². The second kappa shape index (κ2) is 5.85. The van der Waals surface area contributed by atoms with Crippen molar-refractivity contribution in [3.05, 3.63) is 76.1 Å². The quantitative estimate of drug-likeness (QED) is 0.421. The molecule has 0 radical (unpaired) electrons. The summed E-state index contributed by atoms with van der Waals surface area (Å²) >= 11 is 0. The van der Waals surface area contributed by atoms with Gasteiger partial charge in [0.25, 0.3) is 0 Å². The summed E-state index contributed by atoms with van der Waals surface area (Å²) in [5.41, 5.74) is 0.754. The van der Waals surface area contributed by atoms with Gasteiger partial charge in [0.05, 0.1) is 0 Å². The number of esters is 1. The molecular formula is C18H14O4. The summed E-state index contributed by atoms with van der Waals surface area (Å²) in [5, 5.41) is 0.707. The average molecular weight is 294 g/mol. The van der Waals surface area contributed by atoms with Gasteiger partial charge < -0.3 is 9.15 Å². The van der Waals surface area contributed by atoms with Crippen LogP contribution in [-0.4, -0.2) is 5.97 Å². The molecule has 0 saturated carbocycles. The maximum absolute atomic E-state index is 12.2. The van der Waals surface area contributed by atoms with Gasteiger partial charge in [0.1, 0.15) is 16.9 Å². The molecule has 0 saturated heterocycles. The largest absolute Gasteiger partial charge is 0.423 e. The van der Waals surface area contributed by atoms with Gasteiger partial charge in [0.2, 0.25) is 0 Å². The third-order valence-corrected chi connectivity index (χ3v) is 3.38. The number of ether oxygens (including phenoxy) is 1. The molecule has 0 spiro atoms. The van der Waals surface area contributed by atoms with Gasteiger partial charge in [-0.3, -0.25) is 0 Å². The Hall–Kier alpha value is -2.88. The highest BCUT2D eigenvalue weighted by atomic mass is 16.5. The van der Waals surface area contributed by atoms with Gasteiger partial charge in [-0.15, -0.1) is 0 Å². The first-order valence-corrected chi connectivity index (χ1v) is 7.01. The zero-order chi connectivity index (χ0) is 15.5. The van der Waals surface area contributed by atoms with E-state index in [9.17, 15) is 9.59 Å². The van der Waals surface area contributed by atoms with Gasteiger partial charge in [0, 0.05) is 5.39 Å². The minimum Gasteiger partial charge on any atom is -0.423 e. The van der Waals surface area contributed by atoms with Crippen molar-refractivity contribution >= 4 is 16.9 Å². The van der Waals surface area contributed by atoms with Crippen LogP contribution in [0.15, 0.2) is 63.8 Å². The van der Waals surface area contributed by atoms with Crippen LogP contribution >= 0.6 is 0 Å². The molecule has 1 aromatic heterocycles. The van der Waals surface area contributed by atoms with Crippen molar-refractivity contribution in [3.8, 4) is 5.75 Å². The highest BCUT2D eigenvalue weighted by Gasteiger charge is 2.16. The number of hydrogen-bond acceptors (Lipinski definition) is 4. The van der Waals surface area contributed by atoms with E-state index in [-0.39, 0.29) is 5.56 Å². The number of para-hydroxylation sites is 1. The Bertz CT molecular complexity index is 878. The Balaban J connectivity index is 2.00. The molecular weight excluding hydrogens is 280 g/mol. The zero-order valence-corrected chi connectivity index (χ0v) is 12.0. The molecule has 110 valence electrons. The van der Waals surface area contributed by atoms with E-state index in [0.29, 0.717) is 16.7 Å². The van der Waals surface area contributed by atoms with Crippen LogP contribution in [0.3, 0.4) is 0 Å². The first-order valence-electron chi connectivity index (χ1n) is 7.01. The fourth-order valence-corrected chi connectivity index (χ4v) is 2.19. The van der Waals surface area contributed by atoms with Crippen LogP contribution in [0, 0.1) is 0 Å². The Labute approximate surface area is 127 Å². The summed E-state index contributed by atoms with van der Waals surface area (Å²) in [5.74, 6) is -0.335. The Kier molecular flexibility index (Phi) is 3.74. The molecule has 1 heterocycles. The standard InChI is InChI=1S/C18H14O4/c1-2-12-8-9-16-13(10-12)11-15(18(20)22-16)17(19)21-14-6-4-3-5-7-14/h3-11H,2H2,1H3. The van der Waals surface area contributed by atoms with Crippen LogP contribution in [-0.2, 0) is 6.42 Å². The van der Waals surface area contributed by atoms with E-state index in [0.717, 1.165) is 12.0 Å². The van der Waals surface area contributed by atoms with Crippen LogP contribution in [0.1, 0.15) is 22.8 Å². The maximum Gasteiger partial charge on any atom is 0.351 e. The van der Waals surface area contributed by atoms with Gasteiger partial charge in [-0.2, -0.15) is 0 Å². The van der Waals surface area contributed by atoms with E-state index >= 15 is 0 Å². The summed E-state index contributed by atoms with van der Waals surface area (Å²) < 4.78 is 10.4. The topological polar surface area (TPSA) is 56.5 Å². The van der Waals surface area contributed by atoms with Crippen LogP contribution in [0.5, 0.6) is 5.75 Å². The van der Waals surface area contributed by atoms with Crippen LogP contribution in [0.2, 0.25) is 0 Å². The average Bonchev–Trinajstić information content (AvgIpc) is 2.54. The molecule has 0 bridgehead atoms. The lowest BCUT2D eigenvalue weighted by atomic mass is 10.1. The van der Waals surface area contributed by atoms with E-state index in [4.69, 9.17) is 9.15 Å². The molecule has 4 heteroatoms. The van der Waals surface area contributed by atoms with Gasteiger partial charge in [0.15, 0.2) is 0 Å². The molecule has 0 unspecified atom stereocenters. The molecule has 2 aromatic carbocycles. The smallest absolute Gasteiger partial charge is 0.351 e. The number of carbonyl (C=O) groups is 1. The van der Waals surface area contributed by atoms with Crippen molar-refractivity contribution in [1.82, 2.24) is 0 Å². The van der Waals surface area contributed by atoms with Gasteiger partial charge in [-0.25, -0.2) is 9.59 Å². The number of carbonyl (C=O) groups excluding carboxylic acids is 1. The predicted molar refractivity (Wildman–Crippen MR) is 83.3 cm³/mol. The van der Waals surface area contributed by atoms with E-state index in [1.54, 1.807) is 30.3 Å². The van der Waals surface area contributed by atoms with E-state index < -0.39 is 11.6 Å². The molecule has 0 fully saturated rings. The molecule has 0 aliphatic rings. The molecule has 0 aliphatic heterocycles. The first-order chi connectivity index (χ1) is 10.7. The highest BCUT2D eigenvalue weighted by Crippen LogP contribution is 2.17. The monoisotopic (exact) mass is 294 g/mol. The first kappa shape index (κ1) is 14.1. The molecule has 22 heavy (non-hydrogen) atoms. The minimum atomic E-state index is -0.719. The molecule has 0 amide bonds. The molecule has 0 aliphatic carbocycles. The van der Waals surface area contributed by atoms with Crippen LogP contribution in [0.4, 0.5) is 0 Å². The Morgan fingerprint density at radius 3 is 2.59 bits per heavy atom. The van der Waals surface area contributed by atoms with Gasteiger partial charge >= 0.3 is 11.6 Å². The Morgan fingerprint density at radius 2 is 1.86 bits per heavy atom. The number of aryl methyl sites for hydroxylation is 1. The third kappa shape index (κ3) is 2.76. The minimum absolute atomic E-state index is 0.107. The normalized spacial score (nSPS) is 10.6. The molecule has 3 aromatic rings. The van der Waals surface area contributed by atoms with Crippen molar-refractivity contribution in [2.24, 2.45) is 0 Å². The zero-order valence-electron chi connectivity index (χ0n) is 12.0.